The predicted octanol–water partition coefficient (Wildman–Crippen LogP) is 4.43. The molecule has 0 aliphatic rings. The Hall–Kier alpha value is -3.25. The van der Waals surface area contributed by atoms with Crippen molar-refractivity contribution >= 4 is 17.9 Å². The predicted molar refractivity (Wildman–Crippen MR) is 124 cm³/mol. The number of hydrogen-bond donors (Lipinski definition) is 1. The molecule has 31 heavy (non-hydrogen) atoms. The Morgan fingerprint density at radius 1 is 0.903 bits per heavy atom. The molecule has 0 heterocycles. The number of phenols is 1. The van der Waals surface area contributed by atoms with Crippen molar-refractivity contribution in [1.82, 2.24) is 4.90 Å². The summed E-state index contributed by atoms with van der Waals surface area (Å²) >= 11 is 0. The highest BCUT2D eigenvalue weighted by atomic mass is 16.5. The first-order chi connectivity index (χ1) is 15.0. The Kier molecular flexibility index (Phi) is 9.65. The van der Waals surface area contributed by atoms with Gasteiger partial charge in [0.15, 0.2) is 28.8 Å². The highest BCUT2D eigenvalue weighted by Crippen LogP contribution is 2.29. The summed E-state index contributed by atoms with van der Waals surface area (Å²) in [6.45, 7) is 7.60. The number of likely N-dealkylation sites (N-methyl/N-ethyl adjacent to an activating group) is 1. The number of phenolic OH excluding ortho intramolecular Hbond substituents is 1. The maximum Gasteiger partial charge on any atom is 0.178 e. The van der Waals surface area contributed by atoms with E-state index >= 15 is 0 Å². The number of carbonyl (C=O) groups is 1. The highest BCUT2D eigenvalue weighted by molar-refractivity contribution is 6.04. The lowest BCUT2D eigenvalue weighted by molar-refractivity contribution is -0.110. The average molecular weight is 426 g/mol. The third-order valence-electron chi connectivity index (χ3n) is 4.83. The second-order valence-corrected chi connectivity index (χ2v) is 6.79. The minimum Gasteiger partial charge on any atom is -0.504 e. The van der Waals surface area contributed by atoms with Gasteiger partial charge in [-0.1, -0.05) is 38.1 Å². The Balaban J connectivity index is 2.03. The van der Waals surface area contributed by atoms with Crippen molar-refractivity contribution in [3.63, 3.8) is 0 Å². The fraction of sp³-hybridized carbons (Fsp3) is 0.320. The molecule has 0 saturated heterocycles. The van der Waals surface area contributed by atoms with E-state index in [2.05, 4.69) is 18.7 Å². The fourth-order valence-corrected chi connectivity index (χ4v) is 2.94. The number of rotatable bonds is 12. The van der Waals surface area contributed by atoms with Crippen LogP contribution in [0.25, 0.3) is 12.2 Å². The number of ketones is 1. The van der Waals surface area contributed by atoms with Crippen LogP contribution in [0.15, 0.2) is 48.6 Å². The number of ether oxygens (including phenoxy) is 3. The Morgan fingerprint density at radius 2 is 1.48 bits per heavy atom. The first-order valence-electron chi connectivity index (χ1n) is 10.3. The molecule has 0 aliphatic carbocycles. The van der Waals surface area contributed by atoms with Crippen LogP contribution < -0.4 is 14.2 Å². The average Bonchev–Trinajstić information content (AvgIpc) is 2.80. The summed E-state index contributed by atoms with van der Waals surface area (Å²) in [6.07, 6.45) is 6.37. The summed E-state index contributed by atoms with van der Waals surface area (Å²) in [5.74, 6) is 1.56. The van der Waals surface area contributed by atoms with Gasteiger partial charge in [0, 0.05) is 6.54 Å². The van der Waals surface area contributed by atoms with Crippen molar-refractivity contribution in [3.05, 3.63) is 59.7 Å². The van der Waals surface area contributed by atoms with Gasteiger partial charge in [0.05, 0.1) is 14.2 Å². The number of benzene rings is 2. The number of carbonyl (C=O) groups excluding carboxylic acids is 1. The van der Waals surface area contributed by atoms with Crippen LogP contribution in [0, 0.1) is 0 Å². The fourth-order valence-electron chi connectivity index (χ4n) is 2.94. The SMILES string of the molecule is CCN(CC)CCOc1cc(/C=C/C(=O)/C=C/c2ccc(O)c(OC)c2)ccc1OC. The van der Waals surface area contributed by atoms with Crippen LogP contribution in [-0.2, 0) is 4.79 Å². The van der Waals surface area contributed by atoms with Gasteiger partial charge in [-0.3, -0.25) is 4.79 Å². The van der Waals surface area contributed by atoms with E-state index in [-0.39, 0.29) is 11.5 Å². The molecule has 2 rings (SSSR count). The van der Waals surface area contributed by atoms with Crippen molar-refractivity contribution < 1.29 is 24.1 Å². The zero-order valence-corrected chi connectivity index (χ0v) is 18.6. The minimum absolute atomic E-state index is 0.0560. The van der Waals surface area contributed by atoms with Gasteiger partial charge in [0.25, 0.3) is 0 Å². The van der Waals surface area contributed by atoms with E-state index in [0.717, 1.165) is 30.8 Å². The second-order valence-electron chi connectivity index (χ2n) is 6.79. The van der Waals surface area contributed by atoms with Crippen LogP contribution >= 0.6 is 0 Å². The molecule has 0 radical (unpaired) electrons. The van der Waals surface area contributed by atoms with Crippen LogP contribution in [0.2, 0.25) is 0 Å². The number of methoxy groups -OCH3 is 2. The summed E-state index contributed by atoms with van der Waals surface area (Å²) in [5.41, 5.74) is 1.59. The van der Waals surface area contributed by atoms with Crippen molar-refractivity contribution in [2.45, 2.75) is 13.8 Å². The summed E-state index contributed by atoms with van der Waals surface area (Å²) in [4.78, 5) is 14.5. The molecule has 2 aromatic rings. The van der Waals surface area contributed by atoms with E-state index in [1.165, 1.54) is 25.3 Å². The van der Waals surface area contributed by atoms with Gasteiger partial charge in [-0.2, -0.15) is 0 Å². The smallest absolute Gasteiger partial charge is 0.178 e. The molecule has 0 saturated carbocycles. The van der Waals surface area contributed by atoms with Gasteiger partial charge in [-0.15, -0.1) is 0 Å². The number of nitrogens with zero attached hydrogens (tertiary/aromatic N) is 1. The van der Waals surface area contributed by atoms with E-state index in [4.69, 9.17) is 14.2 Å². The van der Waals surface area contributed by atoms with Crippen LogP contribution in [-0.4, -0.2) is 56.3 Å². The number of aromatic hydroxyl groups is 1. The van der Waals surface area contributed by atoms with E-state index in [1.54, 1.807) is 31.4 Å². The molecule has 0 aromatic heterocycles. The molecule has 0 spiro atoms. The standard InChI is InChI=1S/C25H31NO5/c1-5-26(6-2)15-16-31-25-18-20(10-14-23(25)29-3)8-12-21(27)11-7-19-9-13-22(28)24(17-19)30-4/h7-14,17-18,28H,5-6,15-16H2,1-4H3/b11-7+,12-8+. The summed E-state index contributed by atoms with van der Waals surface area (Å²) in [6, 6.07) is 10.5. The maximum atomic E-state index is 12.2. The van der Waals surface area contributed by atoms with Crippen LogP contribution in [0.4, 0.5) is 0 Å². The largest absolute Gasteiger partial charge is 0.504 e. The van der Waals surface area contributed by atoms with Crippen molar-refractivity contribution in [2.75, 3.05) is 40.5 Å². The number of hydrogen-bond acceptors (Lipinski definition) is 6. The Labute approximate surface area is 184 Å². The third kappa shape index (κ3) is 7.50. The normalized spacial score (nSPS) is 11.4. The Bertz CT molecular complexity index is 916. The van der Waals surface area contributed by atoms with Crippen molar-refractivity contribution in [2.24, 2.45) is 0 Å². The van der Waals surface area contributed by atoms with Gasteiger partial charge >= 0.3 is 0 Å². The first-order valence-corrected chi connectivity index (χ1v) is 10.3. The van der Waals surface area contributed by atoms with Gasteiger partial charge < -0.3 is 24.2 Å². The molecule has 2 aromatic carbocycles. The molecule has 6 heteroatoms. The molecule has 0 unspecified atom stereocenters. The number of allylic oxidation sites excluding steroid dienone is 2. The molecule has 0 atom stereocenters. The van der Waals surface area contributed by atoms with E-state index in [0.29, 0.717) is 23.9 Å². The molecular formula is C25H31NO5. The van der Waals surface area contributed by atoms with Gasteiger partial charge in [0.1, 0.15) is 6.61 Å². The minimum atomic E-state index is -0.160. The molecular weight excluding hydrogens is 394 g/mol. The zero-order valence-electron chi connectivity index (χ0n) is 18.6. The monoisotopic (exact) mass is 425 g/mol. The molecule has 166 valence electrons. The summed E-state index contributed by atoms with van der Waals surface area (Å²) in [5, 5.41) is 9.64. The van der Waals surface area contributed by atoms with Crippen molar-refractivity contribution in [1.29, 1.82) is 0 Å². The first kappa shape index (κ1) is 24.0. The second kappa shape index (κ2) is 12.4. The molecule has 1 N–H and O–H groups in total. The molecule has 0 amide bonds. The Morgan fingerprint density at radius 3 is 2.06 bits per heavy atom. The van der Waals surface area contributed by atoms with Gasteiger partial charge in [-0.25, -0.2) is 0 Å². The molecule has 6 nitrogen and oxygen atoms in total. The van der Waals surface area contributed by atoms with Crippen molar-refractivity contribution in [3.8, 4) is 23.0 Å². The van der Waals surface area contributed by atoms with Crippen LogP contribution in [0.3, 0.4) is 0 Å². The topological polar surface area (TPSA) is 68.2 Å². The van der Waals surface area contributed by atoms with Crippen LogP contribution in [0.1, 0.15) is 25.0 Å². The molecule has 0 bridgehead atoms. The quantitative estimate of drug-likeness (QED) is 0.508. The third-order valence-corrected chi connectivity index (χ3v) is 4.83. The van der Waals surface area contributed by atoms with E-state index in [1.807, 2.05) is 18.2 Å². The van der Waals surface area contributed by atoms with Gasteiger partial charge in [-0.05, 0) is 60.6 Å². The maximum absolute atomic E-state index is 12.2. The summed E-state index contributed by atoms with van der Waals surface area (Å²) in [7, 11) is 3.08. The van der Waals surface area contributed by atoms with E-state index < -0.39 is 0 Å². The lowest BCUT2D eigenvalue weighted by Crippen LogP contribution is -2.27. The molecule has 0 fully saturated rings. The highest BCUT2D eigenvalue weighted by Gasteiger charge is 2.07. The molecule has 0 aliphatic heterocycles. The summed E-state index contributed by atoms with van der Waals surface area (Å²) < 4.78 is 16.4. The van der Waals surface area contributed by atoms with E-state index in [9.17, 15) is 9.90 Å². The lowest BCUT2D eigenvalue weighted by atomic mass is 10.1. The lowest BCUT2D eigenvalue weighted by Gasteiger charge is -2.18. The van der Waals surface area contributed by atoms with Crippen LogP contribution in [0.5, 0.6) is 23.0 Å². The van der Waals surface area contributed by atoms with Gasteiger partial charge in [0.2, 0.25) is 0 Å². The zero-order chi connectivity index (χ0) is 22.6.